The highest BCUT2D eigenvalue weighted by molar-refractivity contribution is 9.10. The van der Waals surface area contributed by atoms with Crippen molar-refractivity contribution in [2.45, 2.75) is 31.8 Å². The van der Waals surface area contributed by atoms with Crippen LogP contribution in [0.25, 0.3) is 0 Å². The van der Waals surface area contributed by atoms with Gasteiger partial charge in [0.25, 0.3) is 0 Å². The molecule has 1 heterocycles. The van der Waals surface area contributed by atoms with Crippen LogP contribution in [0.4, 0.5) is 0 Å². The number of aliphatic hydroxyl groups excluding tert-OH is 1. The van der Waals surface area contributed by atoms with Crippen LogP contribution in [-0.4, -0.2) is 11.7 Å². The summed E-state index contributed by atoms with van der Waals surface area (Å²) in [5.74, 6) is 2.99. The molecule has 3 heteroatoms. The fraction of sp³-hybridized carbons (Fsp3) is 0.600. The van der Waals surface area contributed by atoms with Gasteiger partial charge in [0.15, 0.2) is 0 Å². The van der Waals surface area contributed by atoms with Crippen molar-refractivity contribution in [1.29, 1.82) is 0 Å². The second-order valence-corrected chi connectivity index (χ2v) is 6.78. The molecule has 0 amide bonds. The Hall–Kier alpha value is -0.540. The van der Waals surface area contributed by atoms with Crippen molar-refractivity contribution in [1.82, 2.24) is 0 Å². The molecule has 3 unspecified atom stereocenters. The molecule has 2 fully saturated rings. The molecule has 1 aromatic carbocycles. The minimum absolute atomic E-state index is 0.329. The van der Waals surface area contributed by atoms with Crippen LogP contribution in [-0.2, 0) is 6.42 Å². The van der Waals surface area contributed by atoms with E-state index in [1.165, 1.54) is 24.8 Å². The summed E-state index contributed by atoms with van der Waals surface area (Å²) < 4.78 is 6.79. The SMILES string of the molecule is OC(c1cc(Br)cc2c1OCC2)C1C2CCCC21. The van der Waals surface area contributed by atoms with Crippen molar-refractivity contribution in [3.8, 4) is 5.75 Å². The van der Waals surface area contributed by atoms with Crippen LogP contribution in [0.1, 0.15) is 36.5 Å². The van der Waals surface area contributed by atoms with Crippen LogP contribution in [0.2, 0.25) is 0 Å². The van der Waals surface area contributed by atoms with Gasteiger partial charge in [-0.1, -0.05) is 22.4 Å². The molecule has 1 aliphatic heterocycles. The molecule has 3 aliphatic rings. The number of aliphatic hydroxyl groups is 1. The average Bonchev–Trinajstić information content (AvgIpc) is 2.76. The zero-order chi connectivity index (χ0) is 12.3. The van der Waals surface area contributed by atoms with E-state index in [1.54, 1.807) is 0 Å². The fourth-order valence-corrected chi connectivity index (χ4v) is 4.59. The number of fused-ring (bicyclic) bond motifs is 2. The lowest BCUT2D eigenvalue weighted by Crippen LogP contribution is -2.06. The van der Waals surface area contributed by atoms with Gasteiger partial charge < -0.3 is 9.84 Å². The van der Waals surface area contributed by atoms with Crippen LogP contribution >= 0.6 is 15.9 Å². The summed E-state index contributed by atoms with van der Waals surface area (Å²) in [5.41, 5.74) is 2.25. The van der Waals surface area contributed by atoms with Gasteiger partial charge in [0.05, 0.1) is 12.7 Å². The van der Waals surface area contributed by atoms with E-state index in [4.69, 9.17) is 4.74 Å². The monoisotopic (exact) mass is 308 g/mol. The molecule has 0 aromatic heterocycles. The molecule has 0 bridgehead atoms. The minimum atomic E-state index is -0.329. The molecule has 0 saturated heterocycles. The van der Waals surface area contributed by atoms with Gasteiger partial charge in [-0.2, -0.15) is 0 Å². The maximum atomic E-state index is 10.7. The number of hydrogen-bond donors (Lipinski definition) is 1. The third kappa shape index (κ3) is 1.56. The van der Waals surface area contributed by atoms with Gasteiger partial charge in [-0.25, -0.2) is 0 Å². The van der Waals surface area contributed by atoms with E-state index < -0.39 is 0 Å². The molecule has 1 aromatic rings. The lowest BCUT2D eigenvalue weighted by atomic mass is 9.97. The first kappa shape index (κ1) is 11.3. The van der Waals surface area contributed by atoms with Gasteiger partial charge in [-0.05, 0) is 48.3 Å². The smallest absolute Gasteiger partial charge is 0.128 e. The number of ether oxygens (including phenoxy) is 1. The van der Waals surface area contributed by atoms with Gasteiger partial charge >= 0.3 is 0 Å². The van der Waals surface area contributed by atoms with E-state index in [1.807, 2.05) is 6.07 Å². The van der Waals surface area contributed by atoms with E-state index in [0.29, 0.717) is 5.92 Å². The van der Waals surface area contributed by atoms with Gasteiger partial charge in [-0.15, -0.1) is 0 Å². The van der Waals surface area contributed by atoms with E-state index in [-0.39, 0.29) is 6.10 Å². The second-order valence-electron chi connectivity index (χ2n) is 5.86. The number of hydrogen-bond acceptors (Lipinski definition) is 2. The summed E-state index contributed by atoms with van der Waals surface area (Å²) >= 11 is 3.55. The number of rotatable bonds is 2. The normalized spacial score (nSPS) is 33.8. The van der Waals surface area contributed by atoms with Crippen LogP contribution < -0.4 is 4.74 Å². The third-order valence-electron chi connectivity index (χ3n) is 4.93. The Kier molecular flexibility index (Phi) is 2.50. The molecule has 2 saturated carbocycles. The fourth-order valence-electron chi connectivity index (χ4n) is 4.07. The van der Waals surface area contributed by atoms with Crippen molar-refractivity contribution < 1.29 is 9.84 Å². The van der Waals surface area contributed by atoms with Gasteiger partial charge in [0, 0.05) is 16.5 Å². The van der Waals surface area contributed by atoms with Crippen molar-refractivity contribution >= 4 is 15.9 Å². The Morgan fingerprint density at radius 2 is 2.06 bits per heavy atom. The number of benzene rings is 1. The van der Waals surface area contributed by atoms with E-state index in [0.717, 1.165) is 40.6 Å². The summed E-state index contributed by atoms with van der Waals surface area (Å²) in [4.78, 5) is 0. The lowest BCUT2D eigenvalue weighted by molar-refractivity contribution is 0.133. The molecule has 4 rings (SSSR count). The molecule has 2 aliphatic carbocycles. The molecule has 96 valence electrons. The third-order valence-corrected chi connectivity index (χ3v) is 5.39. The molecule has 0 spiro atoms. The van der Waals surface area contributed by atoms with Crippen molar-refractivity contribution in [3.63, 3.8) is 0 Å². The first-order chi connectivity index (χ1) is 8.75. The molecular formula is C15H17BrO2. The van der Waals surface area contributed by atoms with E-state index >= 15 is 0 Å². The maximum absolute atomic E-state index is 10.7. The van der Waals surface area contributed by atoms with Crippen molar-refractivity contribution in [2.24, 2.45) is 17.8 Å². The highest BCUT2D eigenvalue weighted by atomic mass is 79.9. The van der Waals surface area contributed by atoms with Crippen molar-refractivity contribution in [2.75, 3.05) is 6.61 Å². The highest BCUT2D eigenvalue weighted by Gasteiger charge is 2.56. The van der Waals surface area contributed by atoms with Gasteiger partial charge in [0.2, 0.25) is 0 Å². The second kappa shape index (κ2) is 3.97. The summed E-state index contributed by atoms with van der Waals surface area (Å²) in [7, 11) is 0. The molecule has 18 heavy (non-hydrogen) atoms. The summed E-state index contributed by atoms with van der Waals surface area (Å²) in [5, 5.41) is 10.7. The Bertz CT molecular complexity index is 490. The van der Waals surface area contributed by atoms with Crippen LogP contribution in [0, 0.1) is 17.8 Å². The lowest BCUT2D eigenvalue weighted by Gasteiger charge is -2.17. The van der Waals surface area contributed by atoms with Crippen LogP contribution in [0.5, 0.6) is 5.75 Å². The Morgan fingerprint density at radius 3 is 2.83 bits per heavy atom. The molecule has 3 atom stereocenters. The summed E-state index contributed by atoms with van der Waals surface area (Å²) in [6.45, 7) is 0.753. The Labute approximate surface area is 115 Å². The molecular weight excluding hydrogens is 292 g/mol. The molecule has 1 N–H and O–H groups in total. The quantitative estimate of drug-likeness (QED) is 0.906. The maximum Gasteiger partial charge on any atom is 0.128 e. The first-order valence-electron chi connectivity index (χ1n) is 6.89. The van der Waals surface area contributed by atoms with Gasteiger partial charge in [-0.3, -0.25) is 0 Å². The van der Waals surface area contributed by atoms with E-state index in [2.05, 4.69) is 22.0 Å². The standard InChI is InChI=1S/C15H17BrO2/c16-9-6-8-4-5-18-15(8)12(7-9)14(17)13-10-2-1-3-11(10)13/h6-7,10-11,13-14,17H,1-5H2. The highest BCUT2D eigenvalue weighted by Crippen LogP contribution is 2.63. The van der Waals surface area contributed by atoms with E-state index in [9.17, 15) is 5.11 Å². The minimum Gasteiger partial charge on any atom is -0.493 e. The van der Waals surface area contributed by atoms with Crippen LogP contribution in [0.15, 0.2) is 16.6 Å². The predicted molar refractivity (Wildman–Crippen MR) is 72.6 cm³/mol. The zero-order valence-corrected chi connectivity index (χ0v) is 11.8. The summed E-state index contributed by atoms with van der Waals surface area (Å²) in [6.07, 6.45) is 4.61. The topological polar surface area (TPSA) is 29.5 Å². The molecule has 0 radical (unpaired) electrons. The summed E-state index contributed by atoms with van der Waals surface area (Å²) in [6, 6.07) is 4.16. The number of halogens is 1. The average molecular weight is 309 g/mol. The largest absolute Gasteiger partial charge is 0.493 e. The Morgan fingerprint density at radius 1 is 1.28 bits per heavy atom. The molecule has 2 nitrogen and oxygen atoms in total. The van der Waals surface area contributed by atoms with Crippen LogP contribution in [0.3, 0.4) is 0 Å². The first-order valence-corrected chi connectivity index (χ1v) is 7.68. The van der Waals surface area contributed by atoms with Gasteiger partial charge in [0.1, 0.15) is 5.75 Å². The van der Waals surface area contributed by atoms with Crippen molar-refractivity contribution in [3.05, 3.63) is 27.7 Å². The zero-order valence-electron chi connectivity index (χ0n) is 10.2. The predicted octanol–water partition coefficient (Wildman–Crippen LogP) is 3.46. The Balaban J connectivity index is 1.68.